The molecule has 1 atom stereocenters. The van der Waals surface area contributed by atoms with Gasteiger partial charge in [-0.25, -0.2) is 0 Å². The van der Waals surface area contributed by atoms with Crippen LogP contribution >= 0.6 is 12.2 Å². The number of thiocarbonyl (C=S) groups is 1. The number of rotatable bonds is 7. The van der Waals surface area contributed by atoms with Crippen LogP contribution < -0.4 is 15.6 Å². The Morgan fingerprint density at radius 2 is 2.06 bits per heavy atom. The lowest BCUT2D eigenvalue weighted by molar-refractivity contribution is 0.112. The van der Waals surface area contributed by atoms with E-state index in [0.717, 1.165) is 66.2 Å². The minimum absolute atomic E-state index is 0.0561. The lowest BCUT2D eigenvalue weighted by Crippen LogP contribution is -2.48. The van der Waals surface area contributed by atoms with E-state index in [-0.39, 0.29) is 11.7 Å². The van der Waals surface area contributed by atoms with Gasteiger partial charge in [0, 0.05) is 35.7 Å². The molecule has 1 aliphatic carbocycles. The highest BCUT2D eigenvalue weighted by molar-refractivity contribution is 7.80. The number of ether oxygens (including phenoxy) is 2. The van der Waals surface area contributed by atoms with Gasteiger partial charge in [-0.05, 0) is 69.1 Å². The maximum absolute atomic E-state index is 12.9. The fraction of sp³-hybridized carbons (Fsp3) is 0.583. The Bertz CT molecular complexity index is 949. The zero-order chi connectivity index (χ0) is 21.6. The third-order valence-corrected chi connectivity index (χ3v) is 6.70. The first-order valence-electron chi connectivity index (χ1n) is 11.6. The smallest absolute Gasteiger partial charge is 0.253 e. The topological polar surface area (TPSA) is 66.6 Å². The van der Waals surface area contributed by atoms with Gasteiger partial charge in [-0.1, -0.05) is 19.3 Å². The molecule has 1 aliphatic heterocycles. The standard InChI is InChI=1S/C24H33N3O3S/c1-2-29-20-10-11-22-17(14-20)13-18(23(28)26-22)16-27(19-7-4-3-5-8-19)24(31)25-15-21-9-6-12-30-21/h10-11,13-14,19,21H,2-9,12,15-16H2,1H3,(H,25,31)(H,26,28). The summed E-state index contributed by atoms with van der Waals surface area (Å²) in [7, 11) is 0. The summed E-state index contributed by atoms with van der Waals surface area (Å²) in [6.45, 7) is 4.65. The largest absolute Gasteiger partial charge is 0.494 e. The van der Waals surface area contributed by atoms with Gasteiger partial charge in [0.2, 0.25) is 0 Å². The molecule has 2 N–H and O–H groups in total. The SMILES string of the molecule is CCOc1ccc2[nH]c(=O)c(CN(C(=S)NCC3CCCO3)C3CCCCC3)cc2c1. The summed E-state index contributed by atoms with van der Waals surface area (Å²) in [4.78, 5) is 18.1. The van der Waals surface area contributed by atoms with Gasteiger partial charge in [0.15, 0.2) is 5.11 Å². The van der Waals surface area contributed by atoms with Gasteiger partial charge in [0.05, 0.1) is 19.3 Å². The number of hydrogen-bond acceptors (Lipinski definition) is 4. The van der Waals surface area contributed by atoms with Crippen LogP contribution in [0.25, 0.3) is 10.9 Å². The Morgan fingerprint density at radius 1 is 1.23 bits per heavy atom. The third kappa shape index (κ3) is 5.57. The van der Waals surface area contributed by atoms with Crippen LogP contribution in [-0.2, 0) is 11.3 Å². The van der Waals surface area contributed by atoms with Crippen molar-refractivity contribution < 1.29 is 9.47 Å². The quantitative estimate of drug-likeness (QED) is 0.628. The molecule has 7 heteroatoms. The molecular formula is C24H33N3O3S. The van der Waals surface area contributed by atoms with Crippen LogP contribution in [-0.4, -0.2) is 46.9 Å². The van der Waals surface area contributed by atoms with Crippen LogP contribution in [0.4, 0.5) is 0 Å². The van der Waals surface area contributed by atoms with Crippen molar-refractivity contribution in [1.29, 1.82) is 0 Å². The zero-order valence-corrected chi connectivity index (χ0v) is 19.1. The molecular weight excluding hydrogens is 410 g/mol. The van der Waals surface area contributed by atoms with E-state index in [1.54, 1.807) is 0 Å². The second-order valence-corrected chi connectivity index (χ2v) is 8.93. The lowest BCUT2D eigenvalue weighted by Gasteiger charge is -2.36. The van der Waals surface area contributed by atoms with Crippen LogP contribution in [0, 0.1) is 0 Å². The minimum Gasteiger partial charge on any atom is -0.494 e. The molecule has 2 fully saturated rings. The van der Waals surface area contributed by atoms with E-state index in [9.17, 15) is 4.79 Å². The number of nitrogens with one attached hydrogen (secondary N) is 2. The van der Waals surface area contributed by atoms with Crippen molar-refractivity contribution in [2.45, 2.75) is 70.6 Å². The second kappa shape index (κ2) is 10.5. The van der Waals surface area contributed by atoms with Gasteiger partial charge >= 0.3 is 0 Å². The maximum Gasteiger partial charge on any atom is 0.253 e. The summed E-state index contributed by atoms with van der Waals surface area (Å²) >= 11 is 5.81. The van der Waals surface area contributed by atoms with Gasteiger partial charge in [0.1, 0.15) is 5.75 Å². The van der Waals surface area contributed by atoms with Crippen molar-refractivity contribution in [2.75, 3.05) is 19.8 Å². The van der Waals surface area contributed by atoms with Crippen LogP contribution in [0.2, 0.25) is 0 Å². The van der Waals surface area contributed by atoms with Crippen LogP contribution in [0.15, 0.2) is 29.1 Å². The predicted octanol–water partition coefficient (Wildman–Crippen LogP) is 4.12. The summed E-state index contributed by atoms with van der Waals surface area (Å²) in [6.07, 6.45) is 8.34. The molecule has 2 aromatic rings. The van der Waals surface area contributed by atoms with Crippen molar-refractivity contribution >= 4 is 28.2 Å². The number of pyridine rings is 1. The van der Waals surface area contributed by atoms with Gasteiger partial charge in [-0.15, -0.1) is 0 Å². The number of aromatic nitrogens is 1. The Labute approximate surface area is 189 Å². The van der Waals surface area contributed by atoms with Gasteiger partial charge in [-0.3, -0.25) is 4.79 Å². The molecule has 1 unspecified atom stereocenters. The number of hydrogen-bond donors (Lipinski definition) is 2. The van der Waals surface area contributed by atoms with Gasteiger partial charge in [-0.2, -0.15) is 0 Å². The first-order chi connectivity index (χ1) is 15.1. The highest BCUT2D eigenvalue weighted by Gasteiger charge is 2.25. The molecule has 1 saturated heterocycles. The zero-order valence-electron chi connectivity index (χ0n) is 18.3. The summed E-state index contributed by atoms with van der Waals surface area (Å²) in [5, 5.41) is 5.13. The first-order valence-corrected chi connectivity index (χ1v) is 12.0. The summed E-state index contributed by atoms with van der Waals surface area (Å²) in [5.74, 6) is 0.811. The highest BCUT2D eigenvalue weighted by atomic mass is 32.1. The molecule has 6 nitrogen and oxygen atoms in total. The molecule has 1 saturated carbocycles. The molecule has 1 aromatic heterocycles. The number of nitrogens with zero attached hydrogens (tertiary/aromatic N) is 1. The van der Waals surface area contributed by atoms with Crippen molar-refractivity contribution in [3.63, 3.8) is 0 Å². The number of fused-ring (bicyclic) bond motifs is 1. The summed E-state index contributed by atoms with van der Waals surface area (Å²) < 4.78 is 11.4. The van der Waals surface area contributed by atoms with Gasteiger partial charge in [0.25, 0.3) is 5.56 Å². The first kappa shape index (κ1) is 22.1. The van der Waals surface area contributed by atoms with Crippen molar-refractivity contribution in [2.24, 2.45) is 0 Å². The van der Waals surface area contributed by atoms with E-state index in [1.807, 2.05) is 31.2 Å². The second-order valence-electron chi connectivity index (χ2n) is 8.55. The fourth-order valence-corrected chi connectivity index (χ4v) is 4.95. The van der Waals surface area contributed by atoms with E-state index in [2.05, 4.69) is 15.2 Å². The third-order valence-electron chi connectivity index (χ3n) is 6.33. The average molecular weight is 444 g/mol. The van der Waals surface area contributed by atoms with E-state index in [4.69, 9.17) is 21.7 Å². The maximum atomic E-state index is 12.9. The van der Waals surface area contributed by atoms with E-state index >= 15 is 0 Å². The number of benzene rings is 1. The number of H-pyrrole nitrogens is 1. The van der Waals surface area contributed by atoms with E-state index in [0.29, 0.717) is 19.2 Å². The molecule has 0 radical (unpaired) electrons. The van der Waals surface area contributed by atoms with Crippen LogP contribution in [0.5, 0.6) is 5.75 Å². The molecule has 0 amide bonds. The summed E-state index contributed by atoms with van der Waals surface area (Å²) in [5.41, 5.74) is 1.49. The monoisotopic (exact) mass is 443 g/mol. The molecule has 4 rings (SSSR count). The Kier molecular flexibility index (Phi) is 7.45. The molecule has 0 spiro atoms. The van der Waals surface area contributed by atoms with E-state index in [1.165, 1.54) is 19.3 Å². The van der Waals surface area contributed by atoms with Crippen molar-refractivity contribution in [3.05, 3.63) is 40.2 Å². The Balaban J connectivity index is 1.55. The Hall–Kier alpha value is -2.12. The number of aromatic amines is 1. The molecule has 168 valence electrons. The van der Waals surface area contributed by atoms with Crippen LogP contribution in [0.1, 0.15) is 57.4 Å². The van der Waals surface area contributed by atoms with Crippen molar-refractivity contribution in [1.82, 2.24) is 15.2 Å². The molecule has 2 aliphatic rings. The molecule has 0 bridgehead atoms. The molecule has 31 heavy (non-hydrogen) atoms. The lowest BCUT2D eigenvalue weighted by atomic mass is 9.94. The van der Waals surface area contributed by atoms with Gasteiger partial charge < -0.3 is 24.7 Å². The predicted molar refractivity (Wildman–Crippen MR) is 128 cm³/mol. The summed E-state index contributed by atoms with van der Waals surface area (Å²) in [6, 6.07) is 8.12. The van der Waals surface area contributed by atoms with Crippen LogP contribution in [0.3, 0.4) is 0 Å². The normalized spacial score (nSPS) is 19.5. The average Bonchev–Trinajstić information content (AvgIpc) is 3.31. The molecule has 2 heterocycles. The molecule has 1 aromatic carbocycles. The Morgan fingerprint density at radius 3 is 2.81 bits per heavy atom. The minimum atomic E-state index is -0.0561. The van der Waals surface area contributed by atoms with Crippen molar-refractivity contribution in [3.8, 4) is 5.75 Å². The van der Waals surface area contributed by atoms with E-state index < -0.39 is 0 Å². The fourth-order valence-electron chi connectivity index (χ4n) is 4.65. The highest BCUT2D eigenvalue weighted by Crippen LogP contribution is 2.25.